The lowest BCUT2D eigenvalue weighted by atomic mass is 10.0. The van der Waals surface area contributed by atoms with Crippen molar-refractivity contribution in [1.29, 1.82) is 0 Å². The van der Waals surface area contributed by atoms with Gasteiger partial charge in [-0.3, -0.25) is 0 Å². The molecule has 86 valence electrons. The summed E-state index contributed by atoms with van der Waals surface area (Å²) in [5.74, 6) is 0. The summed E-state index contributed by atoms with van der Waals surface area (Å²) in [5, 5.41) is 1.09. The van der Waals surface area contributed by atoms with Gasteiger partial charge in [-0.2, -0.15) is 0 Å². The third-order valence-electron chi connectivity index (χ3n) is 2.91. The van der Waals surface area contributed by atoms with Crippen molar-refractivity contribution < 1.29 is 0 Å². The molecule has 0 nitrogen and oxygen atoms in total. The van der Waals surface area contributed by atoms with Crippen LogP contribution in [-0.2, 0) is 0 Å². The summed E-state index contributed by atoms with van der Waals surface area (Å²) in [5.41, 5.74) is 0.497. The number of rotatable bonds is 1. The van der Waals surface area contributed by atoms with Crippen LogP contribution in [0.25, 0.3) is 0 Å². The Kier molecular flexibility index (Phi) is 4.06. The molecule has 0 heterocycles. The molecular formula is C13H30Si. The summed E-state index contributed by atoms with van der Waals surface area (Å²) in [6, 6.07) is 1.44. The van der Waals surface area contributed by atoms with Gasteiger partial charge in [0.2, 0.25) is 0 Å². The molecule has 0 saturated carbocycles. The van der Waals surface area contributed by atoms with Crippen molar-refractivity contribution in [2.75, 3.05) is 0 Å². The van der Waals surface area contributed by atoms with E-state index in [1.54, 1.807) is 0 Å². The van der Waals surface area contributed by atoms with Gasteiger partial charge in [-0.25, -0.2) is 0 Å². The van der Waals surface area contributed by atoms with Crippen molar-refractivity contribution in [3.8, 4) is 0 Å². The Balaban J connectivity index is 4.78. The van der Waals surface area contributed by atoms with Crippen molar-refractivity contribution in [3.05, 3.63) is 0 Å². The topological polar surface area (TPSA) is 0 Å². The molecule has 0 radical (unpaired) electrons. The normalized spacial score (nSPS) is 15.0. The third-order valence-corrected chi connectivity index (χ3v) is 8.72. The second kappa shape index (κ2) is 4.00. The van der Waals surface area contributed by atoms with Gasteiger partial charge in [-0.1, -0.05) is 68.4 Å². The summed E-state index contributed by atoms with van der Waals surface area (Å²) in [4.78, 5) is 0. The Hall–Kier alpha value is 0.217. The lowest BCUT2D eigenvalue weighted by Crippen LogP contribution is -2.38. The van der Waals surface area contributed by atoms with Crippen LogP contribution in [0.5, 0.6) is 0 Å². The minimum absolute atomic E-state index is 0.497. The van der Waals surface area contributed by atoms with Crippen LogP contribution in [0.4, 0.5) is 0 Å². The van der Waals surface area contributed by atoms with Crippen LogP contribution < -0.4 is 0 Å². The second-order valence-corrected chi connectivity index (χ2v) is 13.0. The highest BCUT2D eigenvalue weighted by molar-refractivity contribution is 6.65. The van der Waals surface area contributed by atoms with Crippen LogP contribution >= 0.6 is 0 Å². The SMILES string of the molecule is CC(C)(C)C[SiH](C(C)(C)C)C(C)(C)C. The van der Waals surface area contributed by atoms with E-state index in [2.05, 4.69) is 62.3 Å². The van der Waals surface area contributed by atoms with Gasteiger partial charge in [0.25, 0.3) is 0 Å². The molecule has 1 heteroatoms. The maximum absolute atomic E-state index is 2.43. The van der Waals surface area contributed by atoms with Crippen LogP contribution in [0.1, 0.15) is 62.3 Å². The summed E-state index contributed by atoms with van der Waals surface area (Å²) >= 11 is 0. The minimum atomic E-state index is -0.735. The summed E-state index contributed by atoms with van der Waals surface area (Å²) in [6.45, 7) is 21.7. The zero-order valence-corrected chi connectivity index (χ0v) is 12.9. The molecule has 0 fully saturated rings. The number of hydrogen-bond donors (Lipinski definition) is 0. The van der Waals surface area contributed by atoms with Crippen molar-refractivity contribution in [3.63, 3.8) is 0 Å². The Morgan fingerprint density at radius 3 is 1.00 bits per heavy atom. The van der Waals surface area contributed by atoms with E-state index in [4.69, 9.17) is 0 Å². The molecule has 0 N–H and O–H groups in total. The smallest absolute Gasteiger partial charge is 0.0482 e. The van der Waals surface area contributed by atoms with Gasteiger partial charge in [0.05, 0.1) is 0 Å². The van der Waals surface area contributed by atoms with Crippen LogP contribution in [0.2, 0.25) is 16.1 Å². The molecule has 0 aromatic carbocycles. The molecule has 0 unspecified atom stereocenters. The van der Waals surface area contributed by atoms with Gasteiger partial charge >= 0.3 is 0 Å². The Morgan fingerprint density at radius 2 is 0.929 bits per heavy atom. The highest BCUT2D eigenvalue weighted by Crippen LogP contribution is 2.47. The zero-order chi connectivity index (χ0) is 11.8. The highest BCUT2D eigenvalue weighted by Gasteiger charge is 2.38. The van der Waals surface area contributed by atoms with Crippen molar-refractivity contribution in [2.45, 2.75) is 78.4 Å². The molecular weight excluding hydrogens is 184 g/mol. The van der Waals surface area contributed by atoms with E-state index in [0.29, 0.717) is 15.5 Å². The van der Waals surface area contributed by atoms with Gasteiger partial charge in [-0.05, 0) is 15.5 Å². The van der Waals surface area contributed by atoms with E-state index >= 15 is 0 Å². The van der Waals surface area contributed by atoms with Gasteiger partial charge in [-0.15, -0.1) is 0 Å². The van der Waals surface area contributed by atoms with Gasteiger partial charge in [0, 0.05) is 8.80 Å². The molecule has 0 aliphatic rings. The van der Waals surface area contributed by atoms with Crippen LogP contribution in [0.15, 0.2) is 0 Å². The first-order valence-corrected chi connectivity index (χ1v) is 7.81. The molecule has 0 aromatic heterocycles. The third kappa shape index (κ3) is 5.19. The Bertz CT molecular complexity index is 159. The molecule has 0 rings (SSSR count). The fourth-order valence-corrected chi connectivity index (χ4v) is 7.57. The van der Waals surface area contributed by atoms with E-state index in [9.17, 15) is 0 Å². The largest absolute Gasteiger partial charge is 0.0628 e. The molecule has 0 spiro atoms. The molecule has 14 heavy (non-hydrogen) atoms. The van der Waals surface area contributed by atoms with Gasteiger partial charge < -0.3 is 0 Å². The fourth-order valence-electron chi connectivity index (χ4n) is 2.52. The summed E-state index contributed by atoms with van der Waals surface area (Å²) in [7, 11) is -0.735. The Morgan fingerprint density at radius 1 is 0.643 bits per heavy atom. The summed E-state index contributed by atoms with van der Waals surface area (Å²) in [6.07, 6.45) is 0. The van der Waals surface area contributed by atoms with E-state index < -0.39 is 8.80 Å². The second-order valence-electron chi connectivity index (χ2n) is 8.05. The summed E-state index contributed by atoms with van der Waals surface area (Å²) < 4.78 is 0. The van der Waals surface area contributed by atoms with Crippen molar-refractivity contribution in [2.24, 2.45) is 5.41 Å². The van der Waals surface area contributed by atoms with E-state index in [1.807, 2.05) is 0 Å². The Labute approximate surface area is 93.1 Å². The van der Waals surface area contributed by atoms with Gasteiger partial charge in [0.15, 0.2) is 0 Å². The first-order chi connectivity index (χ1) is 5.84. The molecule has 0 saturated heterocycles. The molecule has 0 aromatic rings. The van der Waals surface area contributed by atoms with E-state index in [1.165, 1.54) is 6.04 Å². The predicted molar refractivity (Wildman–Crippen MR) is 70.8 cm³/mol. The van der Waals surface area contributed by atoms with E-state index in [-0.39, 0.29) is 0 Å². The maximum atomic E-state index is 2.43. The molecule has 0 atom stereocenters. The first kappa shape index (κ1) is 14.2. The van der Waals surface area contributed by atoms with Crippen LogP contribution in [-0.4, -0.2) is 8.80 Å². The van der Waals surface area contributed by atoms with Gasteiger partial charge in [0.1, 0.15) is 0 Å². The fraction of sp³-hybridized carbons (Fsp3) is 1.00. The molecule has 0 amide bonds. The van der Waals surface area contributed by atoms with Crippen LogP contribution in [0.3, 0.4) is 0 Å². The lowest BCUT2D eigenvalue weighted by molar-refractivity contribution is 0.447. The zero-order valence-electron chi connectivity index (χ0n) is 11.8. The van der Waals surface area contributed by atoms with Crippen LogP contribution in [0, 0.1) is 5.41 Å². The number of hydrogen-bond acceptors (Lipinski definition) is 0. The molecule has 0 bridgehead atoms. The minimum Gasteiger partial charge on any atom is -0.0628 e. The maximum Gasteiger partial charge on any atom is 0.0482 e. The molecule has 0 aliphatic heterocycles. The predicted octanol–water partition coefficient (Wildman–Crippen LogP) is 4.86. The molecule has 0 aliphatic carbocycles. The average molecular weight is 214 g/mol. The van der Waals surface area contributed by atoms with Crippen molar-refractivity contribution >= 4 is 8.80 Å². The first-order valence-electron chi connectivity index (χ1n) is 5.84. The highest BCUT2D eigenvalue weighted by atomic mass is 28.3. The average Bonchev–Trinajstić information content (AvgIpc) is 1.75. The van der Waals surface area contributed by atoms with E-state index in [0.717, 1.165) is 0 Å². The monoisotopic (exact) mass is 214 g/mol. The standard InChI is InChI=1S/C13H30Si/c1-11(2,3)10-14(12(4,5)6)13(7,8)9/h14H,10H2,1-9H3. The quantitative estimate of drug-likeness (QED) is 0.547. The lowest BCUT2D eigenvalue weighted by Gasteiger charge is -2.42. The van der Waals surface area contributed by atoms with Crippen molar-refractivity contribution in [1.82, 2.24) is 0 Å².